The minimum absolute atomic E-state index is 0.00259. The number of aldehydes is 1. The van der Waals surface area contributed by atoms with Gasteiger partial charge in [0.2, 0.25) is 0 Å². The van der Waals surface area contributed by atoms with Crippen molar-refractivity contribution in [2.45, 2.75) is 31.6 Å². The Morgan fingerprint density at radius 2 is 1.97 bits per heavy atom. The fourth-order valence-corrected chi connectivity index (χ4v) is 4.03. The van der Waals surface area contributed by atoms with Gasteiger partial charge >= 0.3 is 11.7 Å². The van der Waals surface area contributed by atoms with Crippen molar-refractivity contribution in [1.29, 1.82) is 0 Å². The lowest BCUT2D eigenvalue weighted by Crippen LogP contribution is -2.37. The Morgan fingerprint density at radius 1 is 1.21 bits per heavy atom. The molecule has 0 spiro atoms. The van der Waals surface area contributed by atoms with Crippen molar-refractivity contribution in [3.8, 4) is 11.1 Å². The van der Waals surface area contributed by atoms with Crippen LogP contribution in [0.5, 0.6) is 0 Å². The van der Waals surface area contributed by atoms with Gasteiger partial charge in [-0.3, -0.25) is 14.3 Å². The van der Waals surface area contributed by atoms with Crippen LogP contribution < -0.4 is 11.2 Å². The molecule has 2 heterocycles. The molecule has 8 nitrogen and oxygen atoms in total. The average Bonchev–Trinajstić information content (AvgIpc) is 3.20. The second-order valence-electron chi connectivity index (χ2n) is 8.00. The molecule has 0 unspecified atom stereocenters. The first-order chi connectivity index (χ1) is 15.8. The van der Waals surface area contributed by atoms with E-state index < -0.39 is 29.0 Å². The lowest BCUT2D eigenvalue weighted by molar-refractivity contribution is -0.116. The molecule has 2 aromatic carbocycles. The smallest absolute Gasteiger partial charge is 0.335 e. The van der Waals surface area contributed by atoms with Crippen LogP contribution in [0.2, 0.25) is 0 Å². The van der Waals surface area contributed by atoms with Crippen molar-refractivity contribution in [1.82, 2.24) is 9.55 Å². The Hall–Kier alpha value is -4.04. The number of carboxylic acid groups (broad SMARTS) is 1. The summed E-state index contributed by atoms with van der Waals surface area (Å²) in [5.41, 5.74) is 0.696. The predicted octanol–water partition coefficient (Wildman–Crippen LogP) is 2.87. The van der Waals surface area contributed by atoms with E-state index in [-0.39, 0.29) is 18.4 Å². The zero-order chi connectivity index (χ0) is 23.6. The molecule has 8 heteroatoms. The molecule has 33 heavy (non-hydrogen) atoms. The van der Waals surface area contributed by atoms with Gasteiger partial charge in [0.15, 0.2) is 6.23 Å². The molecule has 0 aliphatic carbocycles. The fourth-order valence-electron chi connectivity index (χ4n) is 4.03. The lowest BCUT2D eigenvalue weighted by Gasteiger charge is -2.29. The number of hydrogen-bond donors (Lipinski definition) is 2. The first kappa shape index (κ1) is 22.2. The van der Waals surface area contributed by atoms with E-state index in [2.05, 4.69) is 4.98 Å². The molecular formula is C25H22N2O6. The summed E-state index contributed by atoms with van der Waals surface area (Å²) >= 11 is 0. The van der Waals surface area contributed by atoms with Crippen LogP contribution in [-0.4, -0.2) is 32.5 Å². The Morgan fingerprint density at radius 3 is 2.67 bits per heavy atom. The molecular weight excluding hydrogens is 424 g/mol. The van der Waals surface area contributed by atoms with Crippen molar-refractivity contribution >= 4 is 12.3 Å². The number of aromatic nitrogens is 2. The number of ether oxygens (including phenoxy) is 1. The van der Waals surface area contributed by atoms with Crippen LogP contribution >= 0.6 is 0 Å². The van der Waals surface area contributed by atoms with Crippen LogP contribution in [0.25, 0.3) is 11.1 Å². The maximum atomic E-state index is 12.3. The standard InChI is InChI=1S/C25H22N2O6/c1-16-15-27(24(32)26-22(16)29)21-9-10-25(33-21,11-12-28)14-19-13-18(23(30)31)7-8-20(19)17-5-3-2-4-6-17/h2-10,12-13,15,21H,11,14H2,1H3,(H,30,31)(H,26,29,32)/t21-,25-/m1/s1. The normalized spacial score (nSPS) is 19.5. The molecule has 4 rings (SSSR count). The van der Waals surface area contributed by atoms with Gasteiger partial charge in [0.1, 0.15) is 6.29 Å². The van der Waals surface area contributed by atoms with Gasteiger partial charge < -0.3 is 14.6 Å². The second-order valence-corrected chi connectivity index (χ2v) is 8.00. The van der Waals surface area contributed by atoms with E-state index >= 15 is 0 Å². The lowest BCUT2D eigenvalue weighted by atomic mass is 9.87. The van der Waals surface area contributed by atoms with Crippen molar-refractivity contribution in [2.24, 2.45) is 0 Å². The number of carbonyl (C=O) groups excluding carboxylic acids is 1. The molecule has 2 N–H and O–H groups in total. The molecule has 168 valence electrons. The van der Waals surface area contributed by atoms with Crippen LogP contribution in [-0.2, 0) is 16.0 Å². The maximum absolute atomic E-state index is 12.3. The molecule has 1 aromatic heterocycles. The van der Waals surface area contributed by atoms with E-state index in [4.69, 9.17) is 4.74 Å². The van der Waals surface area contributed by atoms with E-state index in [9.17, 15) is 24.3 Å². The number of benzene rings is 2. The molecule has 0 fully saturated rings. The minimum atomic E-state index is -1.09. The van der Waals surface area contributed by atoms with Gasteiger partial charge in [0.25, 0.3) is 5.56 Å². The summed E-state index contributed by atoms with van der Waals surface area (Å²) in [6.45, 7) is 1.58. The molecule has 0 amide bonds. The highest BCUT2D eigenvalue weighted by Gasteiger charge is 2.37. The number of nitrogens with one attached hydrogen (secondary N) is 1. The number of aromatic carboxylic acids is 1. The zero-order valence-corrected chi connectivity index (χ0v) is 17.9. The highest BCUT2D eigenvalue weighted by Crippen LogP contribution is 2.37. The van der Waals surface area contributed by atoms with Crippen LogP contribution in [0.15, 0.2) is 76.5 Å². The SMILES string of the molecule is Cc1cn([C@H]2C=C[C@@](CC=O)(Cc3cc(C(=O)O)ccc3-c3ccccc3)O2)c(=O)[nH]c1=O. The van der Waals surface area contributed by atoms with Crippen LogP contribution in [0.4, 0.5) is 0 Å². The van der Waals surface area contributed by atoms with E-state index in [0.717, 1.165) is 17.4 Å². The number of rotatable bonds is 7. The third-order valence-corrected chi connectivity index (χ3v) is 5.70. The fraction of sp³-hybridized carbons (Fsp3) is 0.200. The molecule has 0 bridgehead atoms. The molecule has 0 saturated carbocycles. The Bertz CT molecular complexity index is 1360. The van der Waals surface area contributed by atoms with Gasteiger partial charge in [-0.05, 0) is 41.8 Å². The quantitative estimate of drug-likeness (QED) is 0.426. The van der Waals surface area contributed by atoms with E-state index in [1.807, 2.05) is 30.3 Å². The van der Waals surface area contributed by atoms with Crippen LogP contribution in [0.3, 0.4) is 0 Å². The first-order valence-electron chi connectivity index (χ1n) is 10.4. The number of carboxylic acids is 1. The third kappa shape index (κ3) is 4.47. The Balaban J connectivity index is 1.74. The topological polar surface area (TPSA) is 118 Å². The number of nitrogens with zero attached hydrogens (tertiary/aromatic N) is 1. The largest absolute Gasteiger partial charge is 0.478 e. The van der Waals surface area contributed by atoms with Crippen LogP contribution in [0, 0.1) is 6.92 Å². The van der Waals surface area contributed by atoms with E-state index in [1.165, 1.54) is 16.8 Å². The van der Waals surface area contributed by atoms with Crippen molar-refractivity contribution in [2.75, 3.05) is 0 Å². The highest BCUT2D eigenvalue weighted by atomic mass is 16.5. The summed E-state index contributed by atoms with van der Waals surface area (Å²) in [4.78, 5) is 49.5. The third-order valence-electron chi connectivity index (χ3n) is 5.70. The molecule has 0 saturated heterocycles. The van der Waals surface area contributed by atoms with Gasteiger partial charge in [-0.25, -0.2) is 9.59 Å². The highest BCUT2D eigenvalue weighted by molar-refractivity contribution is 5.89. The van der Waals surface area contributed by atoms with Crippen molar-refractivity contribution in [3.05, 3.63) is 104 Å². The van der Waals surface area contributed by atoms with Gasteiger partial charge in [-0.15, -0.1) is 0 Å². The molecule has 2 atom stereocenters. The Kier molecular flexibility index (Phi) is 5.93. The summed E-state index contributed by atoms with van der Waals surface area (Å²) in [5, 5.41) is 9.50. The van der Waals surface area contributed by atoms with Gasteiger partial charge in [-0.1, -0.05) is 42.5 Å². The number of aryl methyl sites for hydroxylation is 1. The number of aromatic amines is 1. The van der Waals surface area contributed by atoms with Crippen molar-refractivity contribution in [3.63, 3.8) is 0 Å². The summed E-state index contributed by atoms with van der Waals surface area (Å²) < 4.78 is 7.45. The average molecular weight is 446 g/mol. The molecule has 1 aliphatic rings. The summed E-state index contributed by atoms with van der Waals surface area (Å²) in [5.74, 6) is -1.06. The first-order valence-corrected chi connectivity index (χ1v) is 10.4. The Labute approximate surface area is 188 Å². The van der Waals surface area contributed by atoms with Gasteiger partial charge in [0, 0.05) is 24.6 Å². The summed E-state index contributed by atoms with van der Waals surface area (Å²) in [6.07, 6.45) is 4.91. The number of carbonyl (C=O) groups is 2. The summed E-state index contributed by atoms with van der Waals surface area (Å²) in [7, 11) is 0. The number of hydrogen-bond acceptors (Lipinski definition) is 5. The monoisotopic (exact) mass is 446 g/mol. The van der Waals surface area contributed by atoms with E-state index in [1.54, 1.807) is 31.2 Å². The second kappa shape index (κ2) is 8.84. The zero-order valence-electron chi connectivity index (χ0n) is 17.9. The van der Waals surface area contributed by atoms with Crippen molar-refractivity contribution < 1.29 is 19.4 Å². The van der Waals surface area contributed by atoms with Gasteiger partial charge in [-0.2, -0.15) is 0 Å². The molecule has 3 aromatic rings. The molecule has 0 radical (unpaired) electrons. The summed E-state index contributed by atoms with van der Waals surface area (Å²) in [6, 6.07) is 14.4. The maximum Gasteiger partial charge on any atom is 0.335 e. The van der Waals surface area contributed by atoms with Gasteiger partial charge in [0.05, 0.1) is 11.2 Å². The predicted molar refractivity (Wildman–Crippen MR) is 121 cm³/mol. The number of H-pyrrole nitrogens is 1. The molecule has 1 aliphatic heterocycles. The minimum Gasteiger partial charge on any atom is -0.478 e. The van der Waals surface area contributed by atoms with Crippen LogP contribution in [0.1, 0.15) is 34.1 Å². The van der Waals surface area contributed by atoms with E-state index in [0.29, 0.717) is 11.1 Å².